The van der Waals surface area contributed by atoms with Gasteiger partial charge in [0.05, 0.1) is 5.38 Å². The summed E-state index contributed by atoms with van der Waals surface area (Å²) in [6.45, 7) is 1.49. The van der Waals surface area contributed by atoms with Crippen molar-refractivity contribution >= 4 is 22.9 Å². The number of halogens is 5. The van der Waals surface area contributed by atoms with E-state index in [0.717, 1.165) is 0 Å². The minimum Gasteiger partial charge on any atom is -0.203 e. The van der Waals surface area contributed by atoms with E-state index in [4.69, 9.17) is 11.6 Å². The summed E-state index contributed by atoms with van der Waals surface area (Å²) in [5, 5.41) is 4.75. The Kier molecular flexibility index (Phi) is 3.31. The molecule has 0 aliphatic rings. The third kappa shape index (κ3) is 2.14. The zero-order valence-electron chi connectivity index (χ0n) is 6.85. The van der Waals surface area contributed by atoms with Gasteiger partial charge in [0.25, 0.3) is 0 Å². The van der Waals surface area contributed by atoms with Gasteiger partial charge in [-0.2, -0.15) is 8.78 Å². The highest BCUT2D eigenvalue weighted by molar-refractivity contribution is 7.11. The molecule has 1 heterocycles. The SMILES string of the molecule is CC(Cl)c1nnc(C(F)(F)C(F)F)s1. The smallest absolute Gasteiger partial charge is 0.203 e. The van der Waals surface area contributed by atoms with Gasteiger partial charge in [-0.3, -0.25) is 0 Å². The molecule has 8 heteroatoms. The molecule has 0 amide bonds. The summed E-state index contributed by atoms with van der Waals surface area (Å²) in [5.41, 5.74) is 0. The van der Waals surface area contributed by atoms with Gasteiger partial charge in [-0.25, -0.2) is 8.78 Å². The molecular formula is C6H5ClF4N2S. The average molecular weight is 249 g/mol. The molecule has 0 N–H and O–H groups in total. The third-order valence-corrected chi connectivity index (χ3v) is 2.87. The largest absolute Gasteiger partial charge is 0.359 e. The fraction of sp³-hybridized carbons (Fsp3) is 0.667. The minimum atomic E-state index is -4.25. The minimum absolute atomic E-state index is 0.0991. The van der Waals surface area contributed by atoms with Gasteiger partial charge >= 0.3 is 12.3 Å². The van der Waals surface area contributed by atoms with Crippen LogP contribution in [-0.2, 0) is 5.92 Å². The fourth-order valence-corrected chi connectivity index (χ4v) is 1.55. The second kappa shape index (κ2) is 3.98. The monoisotopic (exact) mass is 248 g/mol. The second-order valence-electron chi connectivity index (χ2n) is 2.49. The van der Waals surface area contributed by atoms with E-state index in [9.17, 15) is 17.6 Å². The Morgan fingerprint density at radius 1 is 1.36 bits per heavy atom. The molecule has 14 heavy (non-hydrogen) atoms. The zero-order chi connectivity index (χ0) is 10.9. The lowest BCUT2D eigenvalue weighted by molar-refractivity contribution is -0.135. The van der Waals surface area contributed by atoms with Crippen LogP contribution < -0.4 is 0 Å². The van der Waals surface area contributed by atoms with E-state index in [0.29, 0.717) is 11.3 Å². The van der Waals surface area contributed by atoms with Crippen molar-refractivity contribution in [3.63, 3.8) is 0 Å². The number of aromatic nitrogens is 2. The van der Waals surface area contributed by atoms with Crippen LogP contribution in [0.4, 0.5) is 17.6 Å². The molecule has 1 rings (SSSR count). The van der Waals surface area contributed by atoms with Crippen LogP contribution >= 0.6 is 22.9 Å². The van der Waals surface area contributed by atoms with Gasteiger partial charge in [0.1, 0.15) is 5.01 Å². The van der Waals surface area contributed by atoms with Crippen molar-refractivity contribution in [2.45, 2.75) is 24.6 Å². The van der Waals surface area contributed by atoms with E-state index in [1.165, 1.54) is 6.92 Å². The quantitative estimate of drug-likeness (QED) is 0.606. The van der Waals surface area contributed by atoms with Crippen molar-refractivity contribution in [1.82, 2.24) is 10.2 Å². The van der Waals surface area contributed by atoms with Crippen molar-refractivity contribution in [3.8, 4) is 0 Å². The molecule has 0 fully saturated rings. The van der Waals surface area contributed by atoms with Crippen LogP contribution in [0.2, 0.25) is 0 Å². The molecule has 2 nitrogen and oxygen atoms in total. The molecule has 0 radical (unpaired) electrons. The molecule has 0 aromatic carbocycles. The van der Waals surface area contributed by atoms with Crippen LogP contribution in [0.5, 0.6) is 0 Å². The molecule has 0 aliphatic heterocycles. The standard InChI is InChI=1S/C6H5ClF4N2S/c1-2(7)3-12-13-5(14-3)6(10,11)4(8)9/h2,4H,1H3. The Labute approximate surface area is 85.9 Å². The van der Waals surface area contributed by atoms with Gasteiger partial charge < -0.3 is 0 Å². The summed E-state index contributed by atoms with van der Waals surface area (Å²) < 4.78 is 49.1. The van der Waals surface area contributed by atoms with Crippen LogP contribution in [0, 0.1) is 0 Å². The summed E-state index contributed by atoms with van der Waals surface area (Å²) in [4.78, 5) is 0. The summed E-state index contributed by atoms with van der Waals surface area (Å²) in [7, 11) is 0. The lowest BCUT2D eigenvalue weighted by Gasteiger charge is -2.10. The summed E-state index contributed by atoms with van der Waals surface area (Å²) in [5.74, 6) is -4.25. The maximum Gasteiger partial charge on any atom is 0.359 e. The first kappa shape index (κ1) is 11.6. The number of hydrogen-bond acceptors (Lipinski definition) is 3. The summed E-state index contributed by atoms with van der Waals surface area (Å²) in [6.07, 6.45) is -3.78. The molecule has 0 saturated carbocycles. The number of rotatable bonds is 3. The lowest BCUT2D eigenvalue weighted by Crippen LogP contribution is -2.23. The predicted octanol–water partition coefficient (Wildman–Crippen LogP) is 3.19. The molecule has 1 atom stereocenters. The Balaban J connectivity index is 2.97. The first-order valence-corrected chi connectivity index (χ1v) is 4.75. The van der Waals surface area contributed by atoms with E-state index in [1.54, 1.807) is 0 Å². The average Bonchev–Trinajstić information content (AvgIpc) is 2.51. The van der Waals surface area contributed by atoms with E-state index < -0.39 is 22.7 Å². The van der Waals surface area contributed by atoms with Gasteiger partial charge in [0, 0.05) is 0 Å². The van der Waals surface area contributed by atoms with E-state index in [1.807, 2.05) is 0 Å². The molecular weight excluding hydrogens is 244 g/mol. The predicted molar refractivity (Wildman–Crippen MR) is 44.1 cm³/mol. The zero-order valence-corrected chi connectivity index (χ0v) is 8.42. The van der Waals surface area contributed by atoms with Crippen molar-refractivity contribution in [2.75, 3.05) is 0 Å². The van der Waals surface area contributed by atoms with Crippen LogP contribution in [0.15, 0.2) is 0 Å². The van der Waals surface area contributed by atoms with Crippen LogP contribution in [0.3, 0.4) is 0 Å². The number of hydrogen-bond donors (Lipinski definition) is 0. The van der Waals surface area contributed by atoms with Gasteiger partial charge in [0.15, 0.2) is 5.01 Å². The van der Waals surface area contributed by atoms with Crippen molar-refractivity contribution in [2.24, 2.45) is 0 Å². The molecule has 80 valence electrons. The van der Waals surface area contributed by atoms with Crippen LogP contribution in [0.25, 0.3) is 0 Å². The highest BCUT2D eigenvalue weighted by Gasteiger charge is 2.46. The van der Waals surface area contributed by atoms with Crippen molar-refractivity contribution in [1.29, 1.82) is 0 Å². The van der Waals surface area contributed by atoms with Gasteiger partial charge in [-0.1, -0.05) is 11.3 Å². The van der Waals surface area contributed by atoms with Gasteiger partial charge in [0.2, 0.25) is 0 Å². The van der Waals surface area contributed by atoms with Crippen molar-refractivity contribution < 1.29 is 17.6 Å². The number of alkyl halides is 5. The maximum absolute atomic E-state index is 12.7. The van der Waals surface area contributed by atoms with Gasteiger partial charge in [-0.05, 0) is 6.92 Å². The molecule has 1 aromatic rings. The first-order chi connectivity index (χ1) is 6.35. The third-order valence-electron chi connectivity index (χ3n) is 1.34. The Morgan fingerprint density at radius 3 is 2.29 bits per heavy atom. The molecule has 0 spiro atoms. The second-order valence-corrected chi connectivity index (χ2v) is 4.15. The first-order valence-electron chi connectivity index (χ1n) is 3.49. The molecule has 0 saturated heterocycles. The Bertz CT molecular complexity index is 315. The van der Waals surface area contributed by atoms with Crippen LogP contribution in [0.1, 0.15) is 22.3 Å². The highest BCUT2D eigenvalue weighted by Crippen LogP contribution is 2.37. The molecule has 0 aliphatic carbocycles. The molecule has 0 bridgehead atoms. The molecule has 1 aromatic heterocycles. The normalized spacial score (nSPS) is 14.8. The number of nitrogens with zero attached hydrogens (tertiary/aromatic N) is 2. The lowest BCUT2D eigenvalue weighted by atomic mass is 10.4. The Hall–Kier alpha value is -0.430. The maximum atomic E-state index is 12.7. The highest BCUT2D eigenvalue weighted by atomic mass is 35.5. The summed E-state index contributed by atoms with van der Waals surface area (Å²) in [6, 6.07) is 0. The summed E-state index contributed by atoms with van der Waals surface area (Å²) >= 11 is 5.91. The van der Waals surface area contributed by atoms with Crippen molar-refractivity contribution in [3.05, 3.63) is 10.0 Å². The fourth-order valence-electron chi connectivity index (χ4n) is 0.623. The molecule has 1 unspecified atom stereocenters. The topological polar surface area (TPSA) is 25.8 Å². The van der Waals surface area contributed by atoms with E-state index in [2.05, 4.69) is 10.2 Å². The Morgan fingerprint density at radius 2 is 1.93 bits per heavy atom. The van der Waals surface area contributed by atoms with Crippen LogP contribution in [-0.4, -0.2) is 16.6 Å². The van der Waals surface area contributed by atoms with E-state index in [-0.39, 0.29) is 5.01 Å². The van der Waals surface area contributed by atoms with Gasteiger partial charge in [-0.15, -0.1) is 21.8 Å². The van der Waals surface area contributed by atoms with E-state index >= 15 is 0 Å².